The second-order valence-corrected chi connectivity index (χ2v) is 3.73. The molecule has 0 radical (unpaired) electrons. The van der Waals surface area contributed by atoms with Crippen molar-refractivity contribution in [2.45, 2.75) is 20.0 Å². The highest BCUT2D eigenvalue weighted by atomic mass is 35.5. The molecular weight excluding hydrogens is 232 g/mol. The number of hydrogen-bond donors (Lipinski definition) is 1. The van der Waals surface area contributed by atoms with Crippen LogP contribution in [0.4, 0.5) is 0 Å². The Labute approximate surface area is 97.8 Å². The van der Waals surface area contributed by atoms with Crippen molar-refractivity contribution in [2.24, 2.45) is 0 Å². The standard InChI is InChI=1S/C11H11ClO4/c1-6(13)9-5-8(12)3-4-10(9)16-7(2)11(14)15/h3-5,7H,1-2H3,(H,14,15). The summed E-state index contributed by atoms with van der Waals surface area (Å²) in [6.07, 6.45) is -1.01. The molecule has 1 aromatic rings. The summed E-state index contributed by atoms with van der Waals surface area (Å²) in [6, 6.07) is 4.48. The number of carboxylic acid groups (broad SMARTS) is 1. The molecule has 5 heteroatoms. The largest absolute Gasteiger partial charge is 0.479 e. The molecule has 1 rings (SSSR count). The number of hydrogen-bond acceptors (Lipinski definition) is 3. The van der Waals surface area contributed by atoms with Crippen LogP contribution in [0.2, 0.25) is 5.02 Å². The smallest absolute Gasteiger partial charge is 0.344 e. The van der Waals surface area contributed by atoms with Gasteiger partial charge in [0.1, 0.15) is 5.75 Å². The molecule has 1 atom stereocenters. The van der Waals surface area contributed by atoms with E-state index in [-0.39, 0.29) is 17.1 Å². The quantitative estimate of drug-likeness (QED) is 0.824. The highest BCUT2D eigenvalue weighted by molar-refractivity contribution is 6.31. The third-order valence-corrected chi connectivity index (χ3v) is 2.21. The van der Waals surface area contributed by atoms with Crippen LogP contribution in [0.1, 0.15) is 24.2 Å². The molecule has 1 unspecified atom stereocenters. The lowest BCUT2D eigenvalue weighted by Gasteiger charge is -2.13. The fourth-order valence-corrected chi connectivity index (χ4v) is 1.29. The SMILES string of the molecule is CC(=O)c1cc(Cl)ccc1OC(C)C(=O)O. The zero-order valence-electron chi connectivity index (χ0n) is 8.86. The van der Waals surface area contributed by atoms with E-state index >= 15 is 0 Å². The Kier molecular flexibility index (Phi) is 3.90. The lowest BCUT2D eigenvalue weighted by atomic mass is 10.1. The molecule has 0 spiro atoms. The summed E-state index contributed by atoms with van der Waals surface area (Å²) in [5.41, 5.74) is 0.278. The maximum absolute atomic E-state index is 11.3. The zero-order valence-corrected chi connectivity index (χ0v) is 9.62. The fraction of sp³-hybridized carbons (Fsp3) is 0.273. The second-order valence-electron chi connectivity index (χ2n) is 3.29. The van der Waals surface area contributed by atoms with Crippen molar-refractivity contribution in [1.82, 2.24) is 0 Å². The van der Waals surface area contributed by atoms with Crippen LogP contribution < -0.4 is 4.74 Å². The highest BCUT2D eigenvalue weighted by Crippen LogP contribution is 2.24. The van der Waals surface area contributed by atoms with Crippen molar-refractivity contribution < 1.29 is 19.4 Å². The van der Waals surface area contributed by atoms with Crippen molar-refractivity contribution in [3.05, 3.63) is 28.8 Å². The topological polar surface area (TPSA) is 63.6 Å². The number of aliphatic carboxylic acids is 1. The molecule has 0 bridgehead atoms. The summed E-state index contributed by atoms with van der Waals surface area (Å²) in [5, 5.41) is 9.09. The number of carboxylic acids is 1. The van der Waals surface area contributed by atoms with Gasteiger partial charge in [0.05, 0.1) is 5.56 Å². The minimum absolute atomic E-state index is 0.227. The van der Waals surface area contributed by atoms with E-state index in [1.165, 1.54) is 32.0 Å². The Morgan fingerprint density at radius 1 is 1.44 bits per heavy atom. The van der Waals surface area contributed by atoms with Crippen LogP contribution in [0.3, 0.4) is 0 Å². The van der Waals surface area contributed by atoms with E-state index in [0.29, 0.717) is 5.02 Å². The van der Waals surface area contributed by atoms with E-state index in [1.807, 2.05) is 0 Å². The Morgan fingerprint density at radius 3 is 2.56 bits per heavy atom. The van der Waals surface area contributed by atoms with Crippen molar-refractivity contribution in [2.75, 3.05) is 0 Å². The van der Waals surface area contributed by atoms with Gasteiger partial charge in [0.2, 0.25) is 0 Å². The first-order chi connectivity index (χ1) is 7.41. The molecule has 1 N–H and O–H groups in total. The van der Waals surface area contributed by atoms with Gasteiger partial charge in [0.25, 0.3) is 0 Å². The Morgan fingerprint density at radius 2 is 2.06 bits per heavy atom. The Bertz CT molecular complexity index is 428. The minimum atomic E-state index is -1.09. The number of ketones is 1. The van der Waals surface area contributed by atoms with Crippen molar-refractivity contribution in [1.29, 1.82) is 0 Å². The molecular formula is C11H11ClO4. The summed E-state index contributed by atoms with van der Waals surface area (Å²) in [6.45, 7) is 2.75. The maximum Gasteiger partial charge on any atom is 0.344 e. The van der Waals surface area contributed by atoms with Crippen LogP contribution in [0.25, 0.3) is 0 Å². The fourth-order valence-electron chi connectivity index (χ4n) is 1.12. The van der Waals surface area contributed by atoms with Crippen LogP contribution in [0.5, 0.6) is 5.75 Å². The predicted molar refractivity (Wildman–Crippen MR) is 59.2 cm³/mol. The van der Waals surface area contributed by atoms with Gasteiger partial charge in [-0.2, -0.15) is 0 Å². The van der Waals surface area contributed by atoms with Crippen molar-refractivity contribution in [3.63, 3.8) is 0 Å². The summed E-state index contributed by atoms with van der Waals surface area (Å²) in [5.74, 6) is -1.09. The van der Waals surface area contributed by atoms with E-state index in [0.717, 1.165) is 0 Å². The second kappa shape index (κ2) is 4.99. The monoisotopic (exact) mass is 242 g/mol. The van der Waals surface area contributed by atoms with Crippen LogP contribution in [-0.2, 0) is 4.79 Å². The molecule has 4 nitrogen and oxygen atoms in total. The van der Waals surface area contributed by atoms with Gasteiger partial charge in [0, 0.05) is 5.02 Å². The first-order valence-electron chi connectivity index (χ1n) is 4.61. The number of halogens is 1. The molecule has 86 valence electrons. The molecule has 0 fully saturated rings. The maximum atomic E-state index is 11.3. The predicted octanol–water partition coefficient (Wildman–Crippen LogP) is 2.39. The van der Waals surface area contributed by atoms with Crippen LogP contribution in [0, 0.1) is 0 Å². The van der Waals surface area contributed by atoms with Gasteiger partial charge in [-0.3, -0.25) is 4.79 Å². The Hall–Kier alpha value is -1.55. The van der Waals surface area contributed by atoms with Gasteiger partial charge in [-0.25, -0.2) is 4.79 Å². The average molecular weight is 243 g/mol. The van der Waals surface area contributed by atoms with Gasteiger partial charge in [-0.15, -0.1) is 0 Å². The molecule has 0 aliphatic heterocycles. The van der Waals surface area contributed by atoms with Gasteiger partial charge in [-0.1, -0.05) is 11.6 Å². The minimum Gasteiger partial charge on any atom is -0.479 e. The normalized spacial score (nSPS) is 11.9. The number of ether oxygens (including phenoxy) is 1. The molecule has 1 aromatic carbocycles. The summed E-state index contributed by atoms with van der Waals surface area (Å²) in [4.78, 5) is 21.9. The van der Waals surface area contributed by atoms with Crippen LogP contribution >= 0.6 is 11.6 Å². The van der Waals surface area contributed by atoms with Gasteiger partial charge >= 0.3 is 5.97 Å². The molecule has 0 saturated heterocycles. The van der Waals surface area contributed by atoms with E-state index in [1.54, 1.807) is 0 Å². The van der Waals surface area contributed by atoms with E-state index < -0.39 is 12.1 Å². The zero-order chi connectivity index (χ0) is 12.3. The molecule has 16 heavy (non-hydrogen) atoms. The molecule has 0 aliphatic carbocycles. The van der Waals surface area contributed by atoms with E-state index in [9.17, 15) is 9.59 Å². The molecule has 0 aromatic heterocycles. The third-order valence-electron chi connectivity index (χ3n) is 1.97. The first-order valence-corrected chi connectivity index (χ1v) is 4.99. The molecule has 0 heterocycles. The molecule has 0 saturated carbocycles. The number of carbonyl (C=O) groups is 2. The first kappa shape index (κ1) is 12.5. The van der Waals surface area contributed by atoms with Gasteiger partial charge in [-0.05, 0) is 32.0 Å². The van der Waals surface area contributed by atoms with E-state index in [2.05, 4.69) is 0 Å². The summed E-state index contributed by atoms with van der Waals surface area (Å²) in [7, 11) is 0. The summed E-state index contributed by atoms with van der Waals surface area (Å²) < 4.78 is 5.14. The van der Waals surface area contributed by atoms with E-state index in [4.69, 9.17) is 21.4 Å². The van der Waals surface area contributed by atoms with Gasteiger partial charge in [0.15, 0.2) is 11.9 Å². The number of carbonyl (C=O) groups excluding carboxylic acids is 1. The van der Waals surface area contributed by atoms with Crippen molar-refractivity contribution >= 4 is 23.4 Å². The van der Waals surface area contributed by atoms with Gasteiger partial charge < -0.3 is 9.84 Å². The molecule has 0 aliphatic rings. The summed E-state index contributed by atoms with van der Waals surface area (Å²) >= 11 is 5.74. The number of benzene rings is 1. The number of rotatable bonds is 4. The molecule has 0 amide bonds. The number of Topliss-reactive ketones (excluding diaryl/α,β-unsaturated/α-hetero) is 1. The Balaban J connectivity index is 3.04. The lowest BCUT2D eigenvalue weighted by Crippen LogP contribution is -2.23. The third kappa shape index (κ3) is 2.97. The highest BCUT2D eigenvalue weighted by Gasteiger charge is 2.16. The van der Waals surface area contributed by atoms with Crippen LogP contribution in [0.15, 0.2) is 18.2 Å². The lowest BCUT2D eigenvalue weighted by molar-refractivity contribution is -0.144. The van der Waals surface area contributed by atoms with Crippen molar-refractivity contribution in [3.8, 4) is 5.75 Å². The average Bonchev–Trinajstić information content (AvgIpc) is 2.20. The van der Waals surface area contributed by atoms with Crippen LogP contribution in [-0.4, -0.2) is 23.0 Å².